The zero-order valence-electron chi connectivity index (χ0n) is 22.6. The molecular weight excluding hydrogens is 570 g/mol. The second kappa shape index (κ2) is 11.1. The molecule has 0 aromatic carbocycles. The third kappa shape index (κ3) is 5.64. The van der Waals surface area contributed by atoms with Gasteiger partial charge >= 0.3 is 0 Å². The summed E-state index contributed by atoms with van der Waals surface area (Å²) < 4.78 is 7.16. The average Bonchev–Trinajstić information content (AvgIpc) is 3.81. The number of nitrogens with zero attached hydrogens (tertiary/aromatic N) is 6. The van der Waals surface area contributed by atoms with Crippen molar-refractivity contribution in [2.24, 2.45) is 0 Å². The van der Waals surface area contributed by atoms with Gasteiger partial charge in [0.2, 0.25) is 5.28 Å². The molecule has 13 heteroatoms. The summed E-state index contributed by atoms with van der Waals surface area (Å²) in [5, 5.41) is 18.8. The Hall–Kier alpha value is -4.88. The van der Waals surface area contributed by atoms with Crippen molar-refractivity contribution < 1.29 is 14.9 Å². The van der Waals surface area contributed by atoms with E-state index in [4.69, 9.17) is 27.2 Å². The van der Waals surface area contributed by atoms with Crippen LogP contribution in [0.15, 0.2) is 54.9 Å². The molecule has 8 heterocycles. The Bertz CT molecular complexity index is 1890. The highest BCUT2D eigenvalue weighted by Gasteiger charge is 2.35. The first-order valence-corrected chi connectivity index (χ1v) is 13.9. The van der Waals surface area contributed by atoms with Crippen LogP contribution < -0.4 is 5.73 Å². The van der Waals surface area contributed by atoms with E-state index in [9.17, 15) is 5.11 Å². The molecule has 8 rings (SSSR count). The molecule has 3 aliphatic heterocycles. The molecule has 1 fully saturated rings. The zero-order valence-corrected chi connectivity index (χ0v) is 23.3. The summed E-state index contributed by atoms with van der Waals surface area (Å²) >= 11 is 5.77. The standard InChI is InChI=1S/C20H14N4.C10H12ClN5O3/c1-2-14-10-16-5-6-18(23-16)12-20-8-7-19(24-20)11-17-4-3-15(22-17)9-13(1)21-14;11-10-14-8(12)7-9(15-10)16(3-13-7)6-1-4(18)5(2-17)19-6/h1-12,21,24H;3-6,17-18H,1-2H2,(H2,12,14,15)/t;4-,5+,6+/m.0/s1. The lowest BCUT2D eigenvalue weighted by molar-refractivity contribution is -0.0432. The fourth-order valence-electron chi connectivity index (χ4n) is 5.12. The Morgan fingerprint density at radius 1 is 0.837 bits per heavy atom. The van der Waals surface area contributed by atoms with E-state index in [2.05, 4.69) is 59.2 Å². The van der Waals surface area contributed by atoms with Gasteiger partial charge in [-0.05, 0) is 84.4 Å². The van der Waals surface area contributed by atoms with Gasteiger partial charge in [0.25, 0.3) is 0 Å². The first kappa shape index (κ1) is 27.0. The van der Waals surface area contributed by atoms with E-state index < -0.39 is 18.4 Å². The lowest BCUT2D eigenvalue weighted by Crippen LogP contribution is -2.24. The van der Waals surface area contributed by atoms with Crippen molar-refractivity contribution in [3.05, 3.63) is 82.9 Å². The Morgan fingerprint density at radius 3 is 1.81 bits per heavy atom. The number of aliphatic hydroxyl groups is 2. The molecule has 0 unspecified atom stereocenters. The second-order valence-electron chi connectivity index (χ2n) is 10.2. The minimum atomic E-state index is -0.734. The Kier molecular flexibility index (Phi) is 6.95. The van der Waals surface area contributed by atoms with Crippen molar-refractivity contribution >= 4 is 75.0 Å². The largest absolute Gasteiger partial charge is 0.394 e. The smallest absolute Gasteiger partial charge is 0.226 e. The lowest BCUT2D eigenvalue weighted by Gasteiger charge is -2.13. The van der Waals surface area contributed by atoms with Gasteiger partial charge in [0.1, 0.15) is 17.8 Å². The topological polar surface area (TPSA) is 177 Å². The van der Waals surface area contributed by atoms with Crippen LogP contribution in [0.4, 0.5) is 5.82 Å². The van der Waals surface area contributed by atoms with Gasteiger partial charge < -0.3 is 30.7 Å². The van der Waals surface area contributed by atoms with E-state index in [1.807, 2.05) is 48.6 Å². The number of nitrogens with two attached hydrogens (primary N) is 1. The van der Waals surface area contributed by atoms with Crippen LogP contribution in [-0.2, 0) is 4.74 Å². The summed E-state index contributed by atoms with van der Waals surface area (Å²) in [6.45, 7) is -0.248. The van der Waals surface area contributed by atoms with Crippen molar-refractivity contribution in [3.63, 3.8) is 0 Å². The van der Waals surface area contributed by atoms with Crippen LogP contribution in [0.25, 0.3) is 57.5 Å². The number of hydrogen-bond acceptors (Lipinski definition) is 9. The molecule has 3 atom stereocenters. The van der Waals surface area contributed by atoms with Crippen LogP contribution >= 0.6 is 11.6 Å². The molecular formula is C30H26ClN9O3. The molecule has 0 saturated carbocycles. The van der Waals surface area contributed by atoms with E-state index in [-0.39, 0.29) is 17.7 Å². The number of fused-ring (bicyclic) bond motifs is 9. The van der Waals surface area contributed by atoms with Crippen LogP contribution in [0.1, 0.15) is 35.4 Å². The van der Waals surface area contributed by atoms with E-state index in [1.54, 1.807) is 4.57 Å². The highest BCUT2D eigenvalue weighted by molar-refractivity contribution is 6.28. The number of anilines is 1. The first-order valence-electron chi connectivity index (χ1n) is 13.5. The highest BCUT2D eigenvalue weighted by Crippen LogP contribution is 2.31. The quantitative estimate of drug-likeness (QED) is 0.182. The van der Waals surface area contributed by atoms with Crippen molar-refractivity contribution in [2.45, 2.75) is 24.9 Å². The maximum Gasteiger partial charge on any atom is 0.226 e. The molecule has 12 nitrogen and oxygen atoms in total. The second-order valence-corrected chi connectivity index (χ2v) is 10.6. The van der Waals surface area contributed by atoms with E-state index in [0.717, 1.165) is 44.8 Å². The van der Waals surface area contributed by atoms with Gasteiger partial charge in [-0.25, -0.2) is 15.0 Å². The summed E-state index contributed by atoms with van der Waals surface area (Å²) in [4.78, 5) is 28.0. The van der Waals surface area contributed by atoms with E-state index in [0.29, 0.717) is 17.6 Å². The van der Waals surface area contributed by atoms with Crippen LogP contribution in [0, 0.1) is 0 Å². The zero-order chi connectivity index (χ0) is 29.5. The Labute approximate surface area is 249 Å². The predicted octanol–water partition coefficient (Wildman–Crippen LogP) is 4.36. The molecule has 5 aromatic heterocycles. The number of imidazole rings is 1. The molecule has 43 heavy (non-hydrogen) atoms. The molecule has 0 spiro atoms. The SMILES string of the molecule is C1=Cc2cc3ccc(cc4nc(cc5ccc(cc1n2)[nH]5)C=C4)[nH]3.Nc1nc(Cl)nc2c1ncn2[C@H]1C[C@H](O)[C@@H](CO)O1. The monoisotopic (exact) mass is 595 g/mol. The third-order valence-electron chi connectivity index (χ3n) is 7.16. The van der Waals surface area contributed by atoms with Gasteiger partial charge in [-0.15, -0.1) is 0 Å². The number of rotatable bonds is 2. The maximum atomic E-state index is 9.74. The number of ether oxygens (including phenoxy) is 1. The number of nitrogen functional groups attached to an aromatic ring is 1. The van der Waals surface area contributed by atoms with Crippen LogP contribution in [0.2, 0.25) is 5.28 Å². The van der Waals surface area contributed by atoms with Crippen molar-refractivity contribution in [2.75, 3.05) is 12.3 Å². The number of aliphatic hydroxyl groups excluding tert-OH is 2. The van der Waals surface area contributed by atoms with Gasteiger partial charge in [-0.1, -0.05) is 0 Å². The minimum Gasteiger partial charge on any atom is -0.394 e. The summed E-state index contributed by atoms with van der Waals surface area (Å²) in [7, 11) is 0. The molecule has 8 bridgehead atoms. The van der Waals surface area contributed by atoms with Crippen molar-refractivity contribution in [1.29, 1.82) is 0 Å². The van der Waals surface area contributed by atoms with Crippen LogP contribution in [-0.4, -0.2) is 68.5 Å². The molecule has 1 saturated heterocycles. The summed E-state index contributed by atoms with van der Waals surface area (Å²) in [5.74, 6) is 0.186. The van der Waals surface area contributed by atoms with Crippen LogP contribution in [0.3, 0.4) is 0 Å². The number of hydrogen-bond donors (Lipinski definition) is 5. The molecule has 0 amide bonds. The van der Waals surface area contributed by atoms with Gasteiger partial charge in [-0.2, -0.15) is 9.97 Å². The van der Waals surface area contributed by atoms with E-state index >= 15 is 0 Å². The van der Waals surface area contributed by atoms with Crippen LogP contribution in [0.5, 0.6) is 0 Å². The number of aromatic nitrogens is 8. The fourth-order valence-corrected chi connectivity index (χ4v) is 5.29. The minimum absolute atomic E-state index is 0.0176. The average molecular weight is 596 g/mol. The van der Waals surface area contributed by atoms with Crippen molar-refractivity contribution in [1.82, 2.24) is 39.5 Å². The van der Waals surface area contributed by atoms with Gasteiger partial charge in [0.05, 0.1) is 41.8 Å². The summed E-state index contributed by atoms with van der Waals surface area (Å²) in [6.07, 6.45) is 8.11. The van der Waals surface area contributed by atoms with E-state index in [1.165, 1.54) is 6.33 Å². The van der Waals surface area contributed by atoms with Crippen molar-refractivity contribution in [3.8, 4) is 0 Å². The lowest BCUT2D eigenvalue weighted by atomic mass is 10.2. The predicted molar refractivity (Wildman–Crippen MR) is 165 cm³/mol. The molecule has 216 valence electrons. The molecule has 0 radical (unpaired) electrons. The number of H-pyrrole nitrogens is 2. The fraction of sp³-hybridized carbons (Fsp3) is 0.167. The maximum absolute atomic E-state index is 9.74. The number of aromatic amines is 2. The molecule has 3 aliphatic rings. The molecule has 6 N–H and O–H groups in total. The molecule has 0 aliphatic carbocycles. The highest BCUT2D eigenvalue weighted by atomic mass is 35.5. The number of halogens is 1. The van der Waals surface area contributed by atoms with Gasteiger partial charge in [0.15, 0.2) is 11.5 Å². The Morgan fingerprint density at radius 2 is 1.35 bits per heavy atom. The number of nitrogens with one attached hydrogen (secondary N) is 2. The Balaban J connectivity index is 0.000000144. The summed E-state index contributed by atoms with van der Waals surface area (Å²) in [6, 6.07) is 16.4. The third-order valence-corrected chi connectivity index (χ3v) is 7.33. The van der Waals surface area contributed by atoms with Gasteiger partial charge in [-0.3, -0.25) is 4.57 Å². The normalized spacial score (nSPS) is 19.1. The first-order chi connectivity index (χ1) is 20.9. The van der Waals surface area contributed by atoms with Gasteiger partial charge in [0, 0.05) is 28.5 Å². The molecule has 5 aromatic rings. The summed E-state index contributed by atoms with van der Waals surface area (Å²) in [5.41, 5.74) is 14.4.